The van der Waals surface area contributed by atoms with Crippen LogP contribution in [0.5, 0.6) is 0 Å². The van der Waals surface area contributed by atoms with E-state index in [4.69, 9.17) is 9.84 Å². The smallest absolute Gasteiger partial charge is 0.306 e. The number of carboxylic acids is 1. The number of rotatable bonds is 4. The maximum atomic E-state index is 12.5. The molecular formula is C23H34O5. The summed E-state index contributed by atoms with van der Waals surface area (Å²) in [5, 5.41) is 8.74. The third-order valence-corrected chi connectivity index (χ3v) is 9.17. The highest BCUT2D eigenvalue weighted by Crippen LogP contribution is 2.65. The lowest BCUT2D eigenvalue weighted by molar-refractivity contribution is -0.163. The predicted molar refractivity (Wildman–Crippen MR) is 103 cm³/mol. The highest BCUT2D eigenvalue weighted by Gasteiger charge is 2.60. The van der Waals surface area contributed by atoms with Crippen LogP contribution in [0.1, 0.15) is 84.5 Å². The highest BCUT2D eigenvalue weighted by atomic mass is 16.5. The lowest BCUT2D eigenvalue weighted by Crippen LogP contribution is -2.54. The zero-order valence-electron chi connectivity index (χ0n) is 17.2. The van der Waals surface area contributed by atoms with E-state index in [1.54, 1.807) is 0 Å². The second kappa shape index (κ2) is 7.14. The molecule has 0 saturated heterocycles. The lowest BCUT2D eigenvalue weighted by Gasteiger charge is -2.60. The van der Waals surface area contributed by atoms with E-state index in [9.17, 15) is 14.4 Å². The largest absolute Gasteiger partial charge is 0.481 e. The molecule has 7 atom stereocenters. The summed E-state index contributed by atoms with van der Waals surface area (Å²) in [6, 6.07) is 0. The highest BCUT2D eigenvalue weighted by molar-refractivity contribution is 5.87. The number of hydrogen-bond acceptors (Lipinski definition) is 4. The summed E-state index contributed by atoms with van der Waals surface area (Å²) in [6.07, 6.45) is 9.08. The monoisotopic (exact) mass is 390 g/mol. The number of hydrogen-bond donors (Lipinski definition) is 1. The van der Waals surface area contributed by atoms with Crippen molar-refractivity contribution in [1.29, 1.82) is 0 Å². The van der Waals surface area contributed by atoms with Gasteiger partial charge >= 0.3 is 11.9 Å². The lowest BCUT2D eigenvalue weighted by atomic mass is 9.45. The number of ether oxygens (including phenoxy) is 1. The second-order valence-corrected chi connectivity index (χ2v) is 10.4. The maximum Gasteiger partial charge on any atom is 0.306 e. The first-order valence-corrected chi connectivity index (χ1v) is 11.2. The molecule has 4 saturated carbocycles. The Balaban J connectivity index is 1.41. The van der Waals surface area contributed by atoms with Crippen LogP contribution in [0.25, 0.3) is 0 Å². The van der Waals surface area contributed by atoms with E-state index in [2.05, 4.69) is 13.8 Å². The third-order valence-electron chi connectivity index (χ3n) is 9.17. The molecule has 0 spiro atoms. The molecule has 5 heteroatoms. The Bertz CT molecular complexity index is 672. The predicted octanol–water partition coefficient (Wildman–Crippen LogP) is 4.37. The van der Waals surface area contributed by atoms with Crippen LogP contribution < -0.4 is 0 Å². The molecule has 28 heavy (non-hydrogen) atoms. The number of carboxylic acid groups (broad SMARTS) is 1. The van der Waals surface area contributed by atoms with Gasteiger partial charge in [0, 0.05) is 11.8 Å². The average Bonchev–Trinajstić information content (AvgIpc) is 2.95. The molecule has 0 unspecified atom stereocenters. The maximum absolute atomic E-state index is 12.5. The molecule has 4 aliphatic rings. The van der Waals surface area contributed by atoms with Crippen LogP contribution in [0.4, 0.5) is 0 Å². The molecule has 0 aromatic rings. The fraction of sp³-hybridized carbons (Fsp3) is 0.870. The molecule has 0 aromatic heterocycles. The molecule has 5 nitrogen and oxygen atoms in total. The van der Waals surface area contributed by atoms with Crippen molar-refractivity contribution in [3.05, 3.63) is 0 Å². The molecule has 0 bridgehead atoms. The molecule has 4 aliphatic carbocycles. The van der Waals surface area contributed by atoms with Crippen molar-refractivity contribution in [1.82, 2.24) is 0 Å². The Morgan fingerprint density at radius 1 is 1.04 bits per heavy atom. The average molecular weight is 391 g/mol. The fourth-order valence-corrected chi connectivity index (χ4v) is 7.55. The SMILES string of the molecule is C[C@@]12CC[C@H](OC(=O)CCC(=O)O)C[C@H]1CC[C@@H]1[C@H]3CCC(=O)[C@@]3(C)CC[C@@H]12. The van der Waals surface area contributed by atoms with Crippen molar-refractivity contribution in [3.63, 3.8) is 0 Å². The summed E-state index contributed by atoms with van der Waals surface area (Å²) in [5.74, 6) is 1.69. The van der Waals surface area contributed by atoms with Crippen molar-refractivity contribution in [3.8, 4) is 0 Å². The summed E-state index contributed by atoms with van der Waals surface area (Å²) >= 11 is 0. The first-order chi connectivity index (χ1) is 13.2. The van der Waals surface area contributed by atoms with Crippen LogP contribution in [-0.4, -0.2) is 28.9 Å². The standard InChI is InChI=1S/C23H34O5/c1-22-11-9-15(28-21(27)8-7-20(25)26)13-14(22)3-4-16-17-5-6-19(24)23(17,2)12-10-18(16)22/h14-18H,3-13H2,1-2H3,(H,25,26)/t14-,15+,16-,17-,18+,22-,23+/m1/s1. The van der Waals surface area contributed by atoms with E-state index in [-0.39, 0.29) is 30.3 Å². The Morgan fingerprint density at radius 2 is 1.82 bits per heavy atom. The van der Waals surface area contributed by atoms with E-state index in [1.165, 1.54) is 19.3 Å². The molecule has 4 fully saturated rings. The number of carbonyl (C=O) groups excluding carboxylic acids is 2. The van der Waals surface area contributed by atoms with Crippen LogP contribution >= 0.6 is 0 Å². The topological polar surface area (TPSA) is 80.7 Å². The van der Waals surface area contributed by atoms with Gasteiger partial charge in [-0.3, -0.25) is 14.4 Å². The molecule has 0 aromatic carbocycles. The quantitative estimate of drug-likeness (QED) is 0.721. The third kappa shape index (κ3) is 3.19. The summed E-state index contributed by atoms with van der Waals surface area (Å²) in [6.45, 7) is 4.68. The molecule has 4 rings (SSSR count). The summed E-state index contributed by atoms with van der Waals surface area (Å²) in [5.41, 5.74) is 0.223. The van der Waals surface area contributed by atoms with Gasteiger partial charge in [0.2, 0.25) is 0 Å². The number of fused-ring (bicyclic) bond motifs is 5. The Hall–Kier alpha value is -1.39. The normalized spacial score (nSPS) is 44.9. The van der Waals surface area contributed by atoms with Gasteiger partial charge in [-0.1, -0.05) is 13.8 Å². The van der Waals surface area contributed by atoms with Crippen molar-refractivity contribution < 1.29 is 24.2 Å². The van der Waals surface area contributed by atoms with E-state index in [0.29, 0.717) is 34.9 Å². The van der Waals surface area contributed by atoms with E-state index in [1.807, 2.05) is 0 Å². The Kier molecular flexibility index (Phi) is 5.08. The molecule has 0 aliphatic heterocycles. The Labute approximate surface area is 167 Å². The van der Waals surface area contributed by atoms with Crippen molar-refractivity contribution in [2.45, 2.75) is 90.6 Å². The molecule has 0 heterocycles. The molecular weight excluding hydrogens is 356 g/mol. The van der Waals surface area contributed by atoms with Gasteiger partial charge in [0.1, 0.15) is 11.9 Å². The minimum atomic E-state index is -0.957. The van der Waals surface area contributed by atoms with E-state index in [0.717, 1.165) is 38.5 Å². The van der Waals surface area contributed by atoms with E-state index < -0.39 is 5.97 Å². The minimum Gasteiger partial charge on any atom is -0.481 e. The minimum absolute atomic E-state index is 0.0350. The van der Waals surface area contributed by atoms with Crippen LogP contribution in [-0.2, 0) is 19.1 Å². The van der Waals surface area contributed by atoms with Crippen LogP contribution in [0.3, 0.4) is 0 Å². The fourth-order valence-electron chi connectivity index (χ4n) is 7.55. The number of esters is 1. The van der Waals surface area contributed by atoms with Crippen LogP contribution in [0, 0.1) is 34.5 Å². The zero-order valence-corrected chi connectivity index (χ0v) is 17.2. The summed E-state index contributed by atoms with van der Waals surface area (Å²) in [4.78, 5) is 35.1. The number of ketones is 1. The molecule has 0 radical (unpaired) electrons. The van der Waals surface area contributed by atoms with Crippen LogP contribution in [0.2, 0.25) is 0 Å². The molecule has 0 amide bonds. The first-order valence-electron chi connectivity index (χ1n) is 11.2. The summed E-state index contributed by atoms with van der Waals surface area (Å²) < 4.78 is 5.62. The van der Waals surface area contributed by atoms with Crippen molar-refractivity contribution in [2.75, 3.05) is 0 Å². The van der Waals surface area contributed by atoms with E-state index >= 15 is 0 Å². The second-order valence-electron chi connectivity index (χ2n) is 10.4. The molecule has 156 valence electrons. The van der Waals surface area contributed by atoms with Crippen molar-refractivity contribution in [2.24, 2.45) is 34.5 Å². The van der Waals surface area contributed by atoms with Gasteiger partial charge in [0.25, 0.3) is 0 Å². The van der Waals surface area contributed by atoms with Crippen LogP contribution in [0.15, 0.2) is 0 Å². The zero-order chi connectivity index (χ0) is 20.1. The molecule has 1 N–H and O–H groups in total. The first kappa shape index (κ1) is 19.9. The van der Waals surface area contributed by atoms with Gasteiger partial charge in [-0.05, 0) is 80.5 Å². The number of Topliss-reactive ketones (excluding diaryl/α,β-unsaturated/α-hetero) is 1. The van der Waals surface area contributed by atoms with Crippen molar-refractivity contribution >= 4 is 17.7 Å². The van der Waals surface area contributed by atoms with Gasteiger partial charge in [0.05, 0.1) is 12.8 Å². The van der Waals surface area contributed by atoms with Gasteiger partial charge in [-0.2, -0.15) is 0 Å². The Morgan fingerprint density at radius 3 is 2.57 bits per heavy atom. The van der Waals surface area contributed by atoms with Gasteiger partial charge in [-0.15, -0.1) is 0 Å². The summed E-state index contributed by atoms with van der Waals surface area (Å²) in [7, 11) is 0. The van der Waals surface area contributed by atoms with Gasteiger partial charge in [0.15, 0.2) is 0 Å². The van der Waals surface area contributed by atoms with Gasteiger partial charge < -0.3 is 9.84 Å². The van der Waals surface area contributed by atoms with Gasteiger partial charge in [-0.25, -0.2) is 0 Å². The number of aliphatic carboxylic acids is 1. The number of carbonyl (C=O) groups is 3.